The molecule has 0 atom stereocenters. The fourth-order valence-electron chi connectivity index (χ4n) is 3.15. The molecule has 170 valence electrons. The summed E-state index contributed by atoms with van der Waals surface area (Å²) < 4.78 is 83.8. The molecule has 1 fully saturated rings. The van der Waals surface area contributed by atoms with Crippen molar-refractivity contribution in [1.82, 2.24) is 4.31 Å². The van der Waals surface area contributed by atoms with Gasteiger partial charge in [-0.15, -0.1) is 0 Å². The Kier molecular flexibility index (Phi) is 6.62. The minimum atomic E-state index is -4.22. The van der Waals surface area contributed by atoms with E-state index in [4.69, 9.17) is 9.88 Å². The topological polar surface area (TPSA) is 153 Å². The average Bonchev–Trinajstić information content (AvgIpc) is 3.24. The van der Waals surface area contributed by atoms with E-state index in [1.54, 1.807) is 6.92 Å². The molecular weight excluding hydrogens is 466 g/mol. The Hall–Kier alpha value is -2.19. The van der Waals surface area contributed by atoms with E-state index in [1.165, 1.54) is 40.7 Å². The van der Waals surface area contributed by atoms with Gasteiger partial charge >= 0.3 is 0 Å². The summed E-state index contributed by atoms with van der Waals surface area (Å²) >= 11 is 0. The van der Waals surface area contributed by atoms with Gasteiger partial charge in [0.15, 0.2) is 0 Å². The van der Waals surface area contributed by atoms with Crippen LogP contribution in [0, 0.1) is 0 Å². The smallest absolute Gasteiger partial charge is 0.261 e. The van der Waals surface area contributed by atoms with Crippen molar-refractivity contribution in [3.05, 3.63) is 42.5 Å². The van der Waals surface area contributed by atoms with E-state index in [0.717, 1.165) is 18.9 Å². The second kappa shape index (κ2) is 8.74. The highest BCUT2D eigenvalue weighted by molar-refractivity contribution is 7.93. The molecule has 10 nitrogen and oxygen atoms in total. The molecule has 1 saturated heterocycles. The number of anilines is 1. The molecular formula is C18H23N3O7S3. The predicted molar refractivity (Wildman–Crippen MR) is 114 cm³/mol. The molecule has 1 aliphatic heterocycles. The van der Waals surface area contributed by atoms with Crippen molar-refractivity contribution in [2.24, 2.45) is 5.14 Å². The fraction of sp³-hybridized carbons (Fsp3) is 0.333. The maximum atomic E-state index is 13.1. The van der Waals surface area contributed by atoms with Crippen LogP contribution in [0.4, 0.5) is 5.69 Å². The minimum Gasteiger partial charge on any atom is -0.492 e. The third kappa shape index (κ3) is 5.18. The van der Waals surface area contributed by atoms with E-state index < -0.39 is 30.1 Å². The molecule has 2 aromatic rings. The highest BCUT2D eigenvalue weighted by atomic mass is 32.2. The lowest BCUT2D eigenvalue weighted by Gasteiger charge is -2.19. The number of ether oxygens (including phenoxy) is 1. The summed E-state index contributed by atoms with van der Waals surface area (Å²) in [6.07, 6.45) is 1.49. The van der Waals surface area contributed by atoms with Gasteiger partial charge in [-0.2, -0.15) is 4.31 Å². The lowest BCUT2D eigenvalue weighted by atomic mass is 10.3. The largest absolute Gasteiger partial charge is 0.492 e. The quantitative estimate of drug-likeness (QED) is 0.567. The van der Waals surface area contributed by atoms with Crippen molar-refractivity contribution in [3.63, 3.8) is 0 Å². The van der Waals surface area contributed by atoms with Gasteiger partial charge in [0.2, 0.25) is 20.0 Å². The summed E-state index contributed by atoms with van der Waals surface area (Å²) in [7, 11) is -12.2. The maximum Gasteiger partial charge on any atom is 0.261 e. The molecule has 2 aromatic carbocycles. The standard InChI is InChI=1S/C18H23N3O7S3/c1-2-28-17-9-8-14(12-18(17)31(26,27)21-10-3-4-11-21)20-30(24,25)16-7-5-6-15(13-16)29(19,22)23/h5-9,12-13,20H,2-4,10-11H2,1H3,(H2,19,22,23). The summed E-state index contributed by atoms with van der Waals surface area (Å²) in [6, 6.07) is 8.49. The summed E-state index contributed by atoms with van der Waals surface area (Å²) in [6.45, 7) is 2.70. The molecule has 31 heavy (non-hydrogen) atoms. The molecule has 0 bridgehead atoms. The zero-order valence-electron chi connectivity index (χ0n) is 16.7. The third-order valence-electron chi connectivity index (χ3n) is 4.62. The van der Waals surface area contributed by atoms with Gasteiger partial charge in [-0.1, -0.05) is 6.07 Å². The highest BCUT2D eigenvalue weighted by Gasteiger charge is 2.31. The molecule has 0 aliphatic carbocycles. The first kappa shape index (κ1) is 23.5. The van der Waals surface area contributed by atoms with Crippen molar-refractivity contribution in [2.45, 2.75) is 34.5 Å². The number of primary sulfonamides is 1. The molecule has 0 aromatic heterocycles. The summed E-state index contributed by atoms with van der Waals surface area (Å²) in [4.78, 5) is -0.842. The molecule has 3 N–H and O–H groups in total. The first-order valence-corrected chi connectivity index (χ1v) is 13.8. The second-order valence-electron chi connectivity index (χ2n) is 6.83. The van der Waals surface area contributed by atoms with Crippen LogP contribution < -0.4 is 14.6 Å². The van der Waals surface area contributed by atoms with Crippen molar-refractivity contribution < 1.29 is 30.0 Å². The number of benzene rings is 2. The van der Waals surface area contributed by atoms with Crippen LogP contribution >= 0.6 is 0 Å². The molecule has 13 heteroatoms. The van der Waals surface area contributed by atoms with E-state index >= 15 is 0 Å². The van der Waals surface area contributed by atoms with Crippen LogP contribution in [0.1, 0.15) is 19.8 Å². The molecule has 1 heterocycles. The van der Waals surface area contributed by atoms with Crippen LogP contribution in [0.25, 0.3) is 0 Å². The van der Waals surface area contributed by atoms with Crippen LogP contribution in [0.3, 0.4) is 0 Å². The zero-order valence-corrected chi connectivity index (χ0v) is 19.1. The van der Waals surface area contributed by atoms with Gasteiger partial charge in [0.05, 0.1) is 22.1 Å². The molecule has 0 spiro atoms. The summed E-state index contributed by atoms with van der Waals surface area (Å²) in [5.41, 5.74) is -0.0118. The van der Waals surface area contributed by atoms with E-state index in [-0.39, 0.29) is 32.7 Å². The Morgan fingerprint density at radius 2 is 1.61 bits per heavy atom. The number of sulfonamides is 3. The van der Waals surface area contributed by atoms with E-state index in [1.807, 2.05) is 0 Å². The monoisotopic (exact) mass is 489 g/mol. The Labute approximate surface area is 182 Å². The van der Waals surface area contributed by atoms with Gasteiger partial charge in [-0.25, -0.2) is 30.4 Å². The Morgan fingerprint density at radius 3 is 2.23 bits per heavy atom. The molecule has 3 rings (SSSR count). The lowest BCUT2D eigenvalue weighted by Crippen LogP contribution is -2.28. The van der Waals surface area contributed by atoms with Gasteiger partial charge in [0.1, 0.15) is 10.6 Å². The Bertz CT molecular complexity index is 1280. The number of rotatable bonds is 8. The van der Waals surface area contributed by atoms with Crippen LogP contribution in [-0.2, 0) is 30.1 Å². The van der Waals surface area contributed by atoms with E-state index in [0.29, 0.717) is 13.1 Å². The van der Waals surface area contributed by atoms with Gasteiger partial charge < -0.3 is 4.74 Å². The average molecular weight is 490 g/mol. The third-order valence-corrected chi connectivity index (χ3v) is 8.83. The fourth-order valence-corrected chi connectivity index (χ4v) is 6.55. The summed E-state index contributed by atoms with van der Waals surface area (Å²) in [5.74, 6) is 0.119. The second-order valence-corrected chi connectivity index (χ2v) is 12.0. The lowest BCUT2D eigenvalue weighted by molar-refractivity contribution is 0.330. The van der Waals surface area contributed by atoms with Gasteiger partial charge in [0, 0.05) is 13.1 Å². The maximum absolute atomic E-state index is 13.1. The number of nitrogens with zero attached hydrogens (tertiary/aromatic N) is 1. The van der Waals surface area contributed by atoms with Crippen LogP contribution in [0.15, 0.2) is 57.2 Å². The van der Waals surface area contributed by atoms with Crippen molar-refractivity contribution >= 4 is 35.8 Å². The van der Waals surface area contributed by atoms with Gasteiger partial charge in [-0.05, 0) is 56.2 Å². The van der Waals surface area contributed by atoms with Crippen LogP contribution in [0.5, 0.6) is 5.75 Å². The minimum absolute atomic E-state index is 0.0118. The van der Waals surface area contributed by atoms with Gasteiger partial charge in [0.25, 0.3) is 10.0 Å². The molecule has 1 aliphatic rings. The highest BCUT2D eigenvalue weighted by Crippen LogP contribution is 2.32. The molecule has 0 radical (unpaired) electrons. The number of nitrogens with two attached hydrogens (primary N) is 1. The summed E-state index contributed by atoms with van der Waals surface area (Å²) in [5, 5.41) is 5.07. The predicted octanol–water partition coefficient (Wildman–Crippen LogP) is 1.32. The molecule has 0 saturated carbocycles. The molecule has 0 amide bonds. The normalized spacial score (nSPS) is 15.7. The van der Waals surface area contributed by atoms with E-state index in [2.05, 4.69) is 4.72 Å². The SMILES string of the molecule is CCOc1ccc(NS(=O)(=O)c2cccc(S(N)(=O)=O)c2)cc1S(=O)(=O)N1CCCC1. The number of hydrogen-bond acceptors (Lipinski definition) is 7. The zero-order chi connectivity index (χ0) is 22.9. The first-order valence-electron chi connectivity index (χ1n) is 9.38. The number of nitrogens with one attached hydrogen (secondary N) is 1. The van der Waals surface area contributed by atoms with E-state index in [9.17, 15) is 25.3 Å². The van der Waals surface area contributed by atoms with Crippen molar-refractivity contribution in [3.8, 4) is 5.75 Å². The van der Waals surface area contributed by atoms with Crippen LogP contribution in [-0.4, -0.2) is 49.3 Å². The Morgan fingerprint density at radius 1 is 0.968 bits per heavy atom. The van der Waals surface area contributed by atoms with Gasteiger partial charge in [-0.3, -0.25) is 4.72 Å². The Balaban J connectivity index is 2.00. The van der Waals surface area contributed by atoms with Crippen molar-refractivity contribution in [1.29, 1.82) is 0 Å². The van der Waals surface area contributed by atoms with Crippen molar-refractivity contribution in [2.75, 3.05) is 24.4 Å². The van der Waals surface area contributed by atoms with Crippen LogP contribution in [0.2, 0.25) is 0 Å². The molecule has 0 unspecified atom stereocenters. The number of hydrogen-bond donors (Lipinski definition) is 2. The first-order chi connectivity index (χ1) is 14.4.